The molecule has 0 bridgehead atoms. The number of hydrogen-bond donors (Lipinski definition) is 2. The third-order valence-electron chi connectivity index (χ3n) is 4.41. The number of carbonyl (C=O) groups excluding carboxylic acids is 1. The number of rotatable bonds is 3. The number of carbonyl (C=O) groups is 1. The van der Waals surface area contributed by atoms with E-state index >= 15 is 0 Å². The summed E-state index contributed by atoms with van der Waals surface area (Å²) in [5.74, 6) is -0.226. The highest BCUT2D eigenvalue weighted by molar-refractivity contribution is 5.80. The number of nitrogens with zero attached hydrogens (tertiary/aromatic N) is 1. The first-order valence-electron chi connectivity index (χ1n) is 7.38. The molecular weight excluding hydrogens is 266 g/mol. The summed E-state index contributed by atoms with van der Waals surface area (Å²) in [4.78, 5) is 14.0. The van der Waals surface area contributed by atoms with Gasteiger partial charge in [0.1, 0.15) is 0 Å². The topological polar surface area (TPSA) is 67.6 Å². The van der Waals surface area contributed by atoms with Crippen molar-refractivity contribution in [1.82, 2.24) is 5.32 Å². The van der Waals surface area contributed by atoms with E-state index < -0.39 is 0 Å². The van der Waals surface area contributed by atoms with Gasteiger partial charge in [-0.15, -0.1) is 0 Å². The van der Waals surface area contributed by atoms with Crippen molar-refractivity contribution >= 4 is 17.3 Å². The van der Waals surface area contributed by atoms with Gasteiger partial charge in [-0.1, -0.05) is 0 Å². The highest BCUT2D eigenvalue weighted by atomic mass is 16.5. The zero-order chi connectivity index (χ0) is 15.6. The fraction of sp³-hybridized carbons (Fsp3) is 0.562. The molecule has 1 aliphatic rings. The van der Waals surface area contributed by atoms with Crippen LogP contribution in [0.4, 0.5) is 11.4 Å². The zero-order valence-corrected chi connectivity index (χ0v) is 13.4. The molecule has 0 aliphatic carbocycles. The lowest BCUT2D eigenvalue weighted by Gasteiger charge is -2.34. The van der Waals surface area contributed by atoms with Gasteiger partial charge in [-0.05, 0) is 43.0 Å². The monoisotopic (exact) mass is 291 g/mol. The largest absolute Gasteiger partial charge is 0.469 e. The molecule has 1 aromatic carbocycles. The lowest BCUT2D eigenvalue weighted by Crippen LogP contribution is -2.44. The van der Waals surface area contributed by atoms with E-state index in [1.165, 1.54) is 12.8 Å². The highest BCUT2D eigenvalue weighted by Gasteiger charge is 2.22. The van der Waals surface area contributed by atoms with Crippen LogP contribution in [0.1, 0.15) is 22.3 Å². The Balaban J connectivity index is 2.51. The molecule has 0 saturated carbocycles. The Kier molecular flexibility index (Phi) is 4.73. The minimum Gasteiger partial charge on any atom is -0.469 e. The molecule has 1 heterocycles. The van der Waals surface area contributed by atoms with E-state index in [9.17, 15) is 4.79 Å². The molecule has 0 aromatic heterocycles. The van der Waals surface area contributed by atoms with Crippen LogP contribution in [0.25, 0.3) is 0 Å². The second-order valence-electron chi connectivity index (χ2n) is 5.61. The van der Waals surface area contributed by atoms with E-state index in [2.05, 4.69) is 24.1 Å². The van der Waals surface area contributed by atoms with Gasteiger partial charge in [-0.25, -0.2) is 0 Å². The van der Waals surface area contributed by atoms with E-state index in [1.54, 1.807) is 0 Å². The van der Waals surface area contributed by atoms with Crippen LogP contribution in [0.15, 0.2) is 0 Å². The number of hydrogen-bond acceptors (Lipinski definition) is 5. The van der Waals surface area contributed by atoms with Crippen molar-refractivity contribution in [3.63, 3.8) is 0 Å². The summed E-state index contributed by atoms with van der Waals surface area (Å²) in [6.45, 7) is 9.99. The summed E-state index contributed by atoms with van der Waals surface area (Å²) in [5.41, 5.74) is 12.5. The second kappa shape index (κ2) is 6.35. The first-order chi connectivity index (χ1) is 9.97. The standard InChI is InChI=1S/C16H25N3O2/c1-10-13(9-14(20)21-4)11(2)16(12(3)15(10)17)19-7-5-18-6-8-19/h18H,5-9,17H2,1-4H3. The zero-order valence-electron chi connectivity index (χ0n) is 13.4. The van der Waals surface area contributed by atoms with Crippen LogP contribution in [0, 0.1) is 20.8 Å². The summed E-state index contributed by atoms with van der Waals surface area (Å²) in [6.07, 6.45) is 0.276. The number of nitrogens with two attached hydrogens (primary N) is 1. The molecule has 5 heteroatoms. The maximum atomic E-state index is 11.7. The molecule has 5 nitrogen and oxygen atoms in total. The Hall–Kier alpha value is -1.75. The van der Waals surface area contributed by atoms with Crippen molar-refractivity contribution in [2.24, 2.45) is 0 Å². The van der Waals surface area contributed by atoms with E-state index in [4.69, 9.17) is 10.5 Å². The minimum atomic E-state index is -0.226. The molecular formula is C16H25N3O2. The van der Waals surface area contributed by atoms with Crippen LogP contribution < -0.4 is 16.0 Å². The van der Waals surface area contributed by atoms with Crippen molar-refractivity contribution in [3.05, 3.63) is 22.3 Å². The first-order valence-corrected chi connectivity index (χ1v) is 7.38. The Morgan fingerprint density at radius 2 is 1.81 bits per heavy atom. The number of nitrogen functional groups attached to an aromatic ring is 1. The van der Waals surface area contributed by atoms with Gasteiger partial charge in [0, 0.05) is 37.6 Å². The fourth-order valence-electron chi connectivity index (χ4n) is 3.12. The van der Waals surface area contributed by atoms with Crippen molar-refractivity contribution in [3.8, 4) is 0 Å². The molecule has 116 valence electrons. The molecule has 0 atom stereocenters. The second-order valence-corrected chi connectivity index (χ2v) is 5.61. The molecule has 0 spiro atoms. The predicted octanol–water partition coefficient (Wildman–Crippen LogP) is 1.32. The first kappa shape index (κ1) is 15.6. The lowest BCUT2D eigenvalue weighted by atomic mass is 9.92. The van der Waals surface area contributed by atoms with E-state index in [-0.39, 0.29) is 12.4 Å². The maximum absolute atomic E-state index is 11.7. The number of anilines is 2. The summed E-state index contributed by atoms with van der Waals surface area (Å²) in [5, 5.41) is 3.36. The van der Waals surface area contributed by atoms with Crippen LogP contribution in [0.5, 0.6) is 0 Å². The molecule has 1 aromatic rings. The van der Waals surface area contributed by atoms with E-state index in [0.29, 0.717) is 0 Å². The number of esters is 1. The van der Waals surface area contributed by atoms with Gasteiger partial charge in [-0.2, -0.15) is 0 Å². The highest BCUT2D eigenvalue weighted by Crippen LogP contribution is 2.36. The molecule has 0 unspecified atom stereocenters. The van der Waals surface area contributed by atoms with Gasteiger partial charge < -0.3 is 20.7 Å². The number of piperazine rings is 1. The van der Waals surface area contributed by atoms with Crippen LogP contribution in [0.2, 0.25) is 0 Å². The lowest BCUT2D eigenvalue weighted by molar-refractivity contribution is -0.139. The molecule has 0 amide bonds. The van der Waals surface area contributed by atoms with E-state index in [1.807, 2.05) is 6.92 Å². The van der Waals surface area contributed by atoms with Gasteiger partial charge in [-0.3, -0.25) is 4.79 Å². The Morgan fingerprint density at radius 3 is 2.38 bits per heavy atom. The molecule has 0 radical (unpaired) electrons. The van der Waals surface area contributed by atoms with Crippen LogP contribution in [-0.4, -0.2) is 39.3 Å². The third-order valence-corrected chi connectivity index (χ3v) is 4.41. The molecule has 2 rings (SSSR count). The number of benzene rings is 1. The molecule has 1 saturated heterocycles. The van der Waals surface area contributed by atoms with Gasteiger partial charge in [0.25, 0.3) is 0 Å². The quantitative estimate of drug-likeness (QED) is 0.649. The Bertz CT molecular complexity index is 549. The number of nitrogens with one attached hydrogen (secondary N) is 1. The number of ether oxygens (including phenoxy) is 1. The van der Waals surface area contributed by atoms with Gasteiger partial charge >= 0.3 is 5.97 Å². The summed E-state index contributed by atoms with van der Waals surface area (Å²) in [6, 6.07) is 0. The number of methoxy groups -OCH3 is 1. The minimum absolute atomic E-state index is 0.226. The summed E-state index contributed by atoms with van der Waals surface area (Å²) in [7, 11) is 1.42. The summed E-state index contributed by atoms with van der Waals surface area (Å²) < 4.78 is 4.82. The normalized spacial score (nSPS) is 15.1. The maximum Gasteiger partial charge on any atom is 0.310 e. The fourth-order valence-corrected chi connectivity index (χ4v) is 3.12. The van der Waals surface area contributed by atoms with Gasteiger partial charge in [0.15, 0.2) is 0 Å². The average Bonchev–Trinajstić information content (AvgIpc) is 2.50. The van der Waals surface area contributed by atoms with Crippen molar-refractivity contribution < 1.29 is 9.53 Å². The van der Waals surface area contributed by atoms with Crippen molar-refractivity contribution in [2.45, 2.75) is 27.2 Å². The smallest absolute Gasteiger partial charge is 0.310 e. The Labute approximate surface area is 126 Å². The molecule has 21 heavy (non-hydrogen) atoms. The predicted molar refractivity (Wildman–Crippen MR) is 85.9 cm³/mol. The van der Waals surface area contributed by atoms with Gasteiger partial charge in [0.05, 0.1) is 13.5 Å². The van der Waals surface area contributed by atoms with Crippen LogP contribution in [0.3, 0.4) is 0 Å². The van der Waals surface area contributed by atoms with Crippen molar-refractivity contribution in [1.29, 1.82) is 0 Å². The Morgan fingerprint density at radius 1 is 1.19 bits per heavy atom. The third kappa shape index (κ3) is 2.97. The molecule has 1 fully saturated rings. The summed E-state index contributed by atoms with van der Waals surface area (Å²) >= 11 is 0. The van der Waals surface area contributed by atoms with Crippen LogP contribution >= 0.6 is 0 Å². The van der Waals surface area contributed by atoms with Crippen LogP contribution in [-0.2, 0) is 16.0 Å². The van der Waals surface area contributed by atoms with E-state index in [0.717, 1.165) is 54.1 Å². The molecule has 3 N–H and O–H groups in total. The SMILES string of the molecule is COC(=O)Cc1c(C)c(N)c(C)c(N2CCNCC2)c1C. The van der Waals surface area contributed by atoms with Gasteiger partial charge in [0.2, 0.25) is 0 Å². The van der Waals surface area contributed by atoms with Crippen molar-refractivity contribution in [2.75, 3.05) is 43.9 Å². The molecule has 1 aliphatic heterocycles. The average molecular weight is 291 g/mol.